The zero-order valence-electron chi connectivity index (χ0n) is 11.4. The Labute approximate surface area is 130 Å². The largest absolute Gasteiger partial charge is 0.293 e. The molecule has 2 aromatic carbocycles. The number of nitro benzene ring substituents is 1. The molecule has 0 bridgehead atoms. The van der Waals surface area contributed by atoms with E-state index >= 15 is 0 Å². The maximum Gasteiger partial charge on any atom is 0.293 e. The zero-order chi connectivity index (χ0) is 15.1. The number of fused-ring (bicyclic) bond motifs is 1. The zero-order valence-corrected chi connectivity index (χ0v) is 13.0. The summed E-state index contributed by atoms with van der Waals surface area (Å²) in [5, 5.41) is 12.3. The third-order valence-corrected chi connectivity index (χ3v) is 5.11. The van der Waals surface area contributed by atoms with Gasteiger partial charge in [-0.05, 0) is 19.4 Å². The van der Waals surface area contributed by atoms with Gasteiger partial charge in [0, 0.05) is 5.56 Å². The smallest absolute Gasteiger partial charge is 0.258 e. The number of hydrogen-bond donors (Lipinski definition) is 0. The molecule has 1 heterocycles. The van der Waals surface area contributed by atoms with Crippen LogP contribution in [0.2, 0.25) is 5.02 Å². The Kier molecular flexibility index (Phi) is 3.39. The summed E-state index contributed by atoms with van der Waals surface area (Å²) in [6.45, 7) is 3.49. The van der Waals surface area contributed by atoms with Crippen molar-refractivity contribution in [2.75, 3.05) is 0 Å². The van der Waals surface area contributed by atoms with Crippen molar-refractivity contribution in [3.8, 4) is 10.6 Å². The van der Waals surface area contributed by atoms with E-state index in [1.165, 1.54) is 11.3 Å². The molecule has 21 heavy (non-hydrogen) atoms. The van der Waals surface area contributed by atoms with Crippen molar-refractivity contribution in [3.63, 3.8) is 0 Å². The Morgan fingerprint density at radius 1 is 1.19 bits per heavy atom. The quantitative estimate of drug-likeness (QED) is 0.485. The summed E-state index contributed by atoms with van der Waals surface area (Å²) < 4.78 is 0.905. The monoisotopic (exact) mass is 318 g/mol. The first-order valence-corrected chi connectivity index (χ1v) is 7.49. The Balaban J connectivity index is 2.34. The topological polar surface area (TPSA) is 56.0 Å². The standard InChI is InChI=1S/C15H11ClN2O2S/c1-8-11(16)13(18(19)20)9(2)12-14(8)21-15(17-12)10-6-4-3-5-7-10/h3-7H,1-2H3. The molecule has 0 amide bonds. The third kappa shape index (κ3) is 2.18. The molecule has 106 valence electrons. The first-order chi connectivity index (χ1) is 10.0. The molecule has 0 aliphatic heterocycles. The van der Waals surface area contributed by atoms with Crippen molar-refractivity contribution in [1.29, 1.82) is 0 Å². The molecule has 0 aliphatic rings. The molecule has 0 aliphatic carbocycles. The van der Waals surface area contributed by atoms with Gasteiger partial charge in [-0.15, -0.1) is 11.3 Å². The molecule has 6 heteroatoms. The molecule has 4 nitrogen and oxygen atoms in total. The van der Waals surface area contributed by atoms with Crippen LogP contribution in [0.25, 0.3) is 20.8 Å². The van der Waals surface area contributed by atoms with E-state index in [1.54, 1.807) is 13.8 Å². The fourth-order valence-electron chi connectivity index (χ4n) is 2.30. The summed E-state index contributed by atoms with van der Waals surface area (Å²) in [5.41, 5.74) is 2.84. The molecule has 0 saturated heterocycles. The maximum atomic E-state index is 11.2. The van der Waals surface area contributed by atoms with Crippen molar-refractivity contribution in [3.05, 3.63) is 56.6 Å². The van der Waals surface area contributed by atoms with Crippen molar-refractivity contribution in [2.45, 2.75) is 13.8 Å². The van der Waals surface area contributed by atoms with Gasteiger partial charge in [0.15, 0.2) is 0 Å². The van der Waals surface area contributed by atoms with Crippen LogP contribution in [0.15, 0.2) is 30.3 Å². The van der Waals surface area contributed by atoms with E-state index in [4.69, 9.17) is 11.6 Å². The van der Waals surface area contributed by atoms with Gasteiger partial charge < -0.3 is 0 Å². The molecule has 3 aromatic rings. The van der Waals surface area contributed by atoms with Crippen LogP contribution < -0.4 is 0 Å². The second kappa shape index (κ2) is 5.09. The highest BCUT2D eigenvalue weighted by molar-refractivity contribution is 7.22. The molecule has 0 unspecified atom stereocenters. The van der Waals surface area contributed by atoms with Crippen LogP contribution in [0.1, 0.15) is 11.1 Å². The van der Waals surface area contributed by atoms with Gasteiger partial charge in [0.05, 0.1) is 20.7 Å². The Hall–Kier alpha value is -1.98. The van der Waals surface area contributed by atoms with E-state index in [2.05, 4.69) is 4.98 Å². The molecule has 1 aromatic heterocycles. The van der Waals surface area contributed by atoms with Gasteiger partial charge in [-0.25, -0.2) is 4.98 Å². The fraction of sp³-hybridized carbons (Fsp3) is 0.133. The van der Waals surface area contributed by atoms with Gasteiger partial charge in [-0.2, -0.15) is 0 Å². The van der Waals surface area contributed by atoms with Gasteiger partial charge in [-0.1, -0.05) is 41.9 Å². The van der Waals surface area contributed by atoms with Crippen LogP contribution in [0.4, 0.5) is 5.69 Å². The van der Waals surface area contributed by atoms with Crippen molar-refractivity contribution < 1.29 is 4.92 Å². The van der Waals surface area contributed by atoms with Gasteiger partial charge >= 0.3 is 0 Å². The lowest BCUT2D eigenvalue weighted by Gasteiger charge is -2.04. The first kappa shape index (κ1) is 14.0. The number of aryl methyl sites for hydroxylation is 2. The van der Waals surface area contributed by atoms with Gasteiger partial charge in [-0.3, -0.25) is 10.1 Å². The summed E-state index contributed by atoms with van der Waals surface area (Å²) in [5.74, 6) is 0. The lowest BCUT2D eigenvalue weighted by atomic mass is 10.1. The maximum absolute atomic E-state index is 11.2. The van der Waals surface area contributed by atoms with E-state index < -0.39 is 4.92 Å². The number of aromatic nitrogens is 1. The number of nitro groups is 1. The highest BCUT2D eigenvalue weighted by Gasteiger charge is 2.24. The van der Waals surface area contributed by atoms with Crippen molar-refractivity contribution in [1.82, 2.24) is 4.98 Å². The molecule has 0 saturated carbocycles. The fourth-order valence-corrected chi connectivity index (χ4v) is 3.80. The van der Waals surface area contributed by atoms with Crippen molar-refractivity contribution in [2.24, 2.45) is 0 Å². The first-order valence-electron chi connectivity index (χ1n) is 6.29. The van der Waals surface area contributed by atoms with Gasteiger partial charge in [0.2, 0.25) is 0 Å². The molecule has 0 atom stereocenters. The average Bonchev–Trinajstić information content (AvgIpc) is 2.91. The van der Waals surface area contributed by atoms with E-state index in [0.29, 0.717) is 16.6 Å². The lowest BCUT2D eigenvalue weighted by molar-refractivity contribution is -0.385. The molecule has 0 radical (unpaired) electrons. The van der Waals surface area contributed by atoms with E-state index in [0.717, 1.165) is 15.3 Å². The Morgan fingerprint density at radius 2 is 1.86 bits per heavy atom. The van der Waals surface area contributed by atoms with Crippen LogP contribution in [0.5, 0.6) is 0 Å². The van der Waals surface area contributed by atoms with Crippen LogP contribution in [-0.4, -0.2) is 9.91 Å². The highest BCUT2D eigenvalue weighted by atomic mass is 35.5. The summed E-state index contributed by atoms with van der Waals surface area (Å²) in [7, 11) is 0. The van der Waals surface area contributed by atoms with Crippen LogP contribution in [0, 0.1) is 24.0 Å². The van der Waals surface area contributed by atoms with Crippen LogP contribution in [0.3, 0.4) is 0 Å². The molecule has 0 spiro atoms. The number of thiazole rings is 1. The van der Waals surface area contributed by atoms with Gasteiger partial charge in [0.1, 0.15) is 10.0 Å². The molecule has 3 rings (SSSR count). The highest BCUT2D eigenvalue weighted by Crippen LogP contribution is 2.42. The summed E-state index contributed by atoms with van der Waals surface area (Å²) >= 11 is 7.67. The second-order valence-corrected chi connectivity index (χ2v) is 6.11. The minimum absolute atomic E-state index is 0.0495. The number of nitrogens with zero attached hydrogens (tertiary/aromatic N) is 2. The summed E-state index contributed by atoms with van der Waals surface area (Å²) in [6, 6.07) is 9.76. The molecule has 0 N–H and O–H groups in total. The third-order valence-electron chi connectivity index (χ3n) is 3.42. The number of rotatable bonds is 2. The number of halogens is 1. The molecular formula is C15H11ClN2O2S. The van der Waals surface area contributed by atoms with Crippen molar-refractivity contribution >= 4 is 38.8 Å². The van der Waals surface area contributed by atoms with Crippen LogP contribution >= 0.6 is 22.9 Å². The summed E-state index contributed by atoms with van der Waals surface area (Å²) in [4.78, 5) is 15.4. The van der Waals surface area contributed by atoms with Gasteiger partial charge in [0.25, 0.3) is 5.69 Å². The lowest BCUT2D eigenvalue weighted by Crippen LogP contribution is -1.95. The molecule has 0 fully saturated rings. The normalized spacial score (nSPS) is 11.0. The average molecular weight is 319 g/mol. The predicted molar refractivity (Wildman–Crippen MR) is 86.2 cm³/mol. The van der Waals surface area contributed by atoms with E-state index in [-0.39, 0.29) is 10.7 Å². The second-order valence-electron chi connectivity index (χ2n) is 4.73. The SMILES string of the molecule is Cc1c([N+](=O)[O-])c(Cl)c(C)c2sc(-c3ccccc3)nc12. The van der Waals surface area contributed by atoms with E-state index in [1.807, 2.05) is 30.3 Å². The molecular weight excluding hydrogens is 308 g/mol. The number of hydrogen-bond acceptors (Lipinski definition) is 4. The predicted octanol–water partition coefficient (Wildman–Crippen LogP) is 5.14. The Bertz CT molecular complexity index is 859. The minimum Gasteiger partial charge on any atom is -0.258 e. The minimum atomic E-state index is -0.439. The van der Waals surface area contributed by atoms with Crippen LogP contribution in [-0.2, 0) is 0 Å². The number of benzene rings is 2. The van der Waals surface area contributed by atoms with E-state index in [9.17, 15) is 10.1 Å². The Morgan fingerprint density at radius 3 is 2.48 bits per heavy atom. The summed E-state index contributed by atoms with van der Waals surface area (Å²) in [6.07, 6.45) is 0.